The summed E-state index contributed by atoms with van der Waals surface area (Å²) < 4.78 is 0. The third-order valence-electron chi connectivity index (χ3n) is 4.14. The molecular weight excluding hydrogens is 345 g/mol. The molecule has 2 atom stereocenters. The minimum atomic E-state index is -0.142. The number of likely N-dealkylation sites (tertiary alicyclic amines) is 1. The highest BCUT2D eigenvalue weighted by atomic mass is 35.5. The number of halogens is 3. The maximum Gasteiger partial charge on any atom is 0.238 e. The highest BCUT2D eigenvalue weighted by Gasteiger charge is 2.26. The van der Waals surface area contributed by atoms with Crippen molar-refractivity contribution in [2.45, 2.75) is 13.3 Å². The molecule has 1 heterocycles. The molecule has 1 saturated heterocycles. The monoisotopic (exact) mass is 363 g/mol. The van der Waals surface area contributed by atoms with E-state index in [2.05, 4.69) is 17.1 Å². The van der Waals surface area contributed by atoms with Crippen molar-refractivity contribution in [2.75, 3.05) is 31.5 Å². The predicted molar refractivity (Wildman–Crippen MR) is 92.9 cm³/mol. The van der Waals surface area contributed by atoms with Crippen LogP contribution in [0.15, 0.2) is 12.1 Å². The number of nitrogens with zero attached hydrogens (tertiary/aromatic N) is 1. The number of anilines is 1. The number of nitrogens with one attached hydrogen (secondary N) is 1. The van der Waals surface area contributed by atoms with Gasteiger partial charge in [-0.1, -0.05) is 41.7 Å². The number of carbonyl (C=O) groups is 1. The van der Waals surface area contributed by atoms with E-state index in [0.29, 0.717) is 45.7 Å². The van der Waals surface area contributed by atoms with Crippen molar-refractivity contribution in [3.8, 4) is 0 Å². The molecule has 22 heavy (non-hydrogen) atoms. The molecule has 1 aliphatic heterocycles. The molecule has 1 aliphatic rings. The van der Waals surface area contributed by atoms with Gasteiger partial charge in [-0.2, -0.15) is 0 Å². The smallest absolute Gasteiger partial charge is 0.238 e. The molecule has 3 N–H and O–H groups in total. The first-order valence-corrected chi connectivity index (χ1v) is 8.41. The SMILES string of the molecule is CC1CCN(CC(=O)Nc2c(Cl)cc(Cl)cc2Cl)CC1CN. The summed E-state index contributed by atoms with van der Waals surface area (Å²) in [7, 11) is 0. The van der Waals surface area contributed by atoms with E-state index in [-0.39, 0.29) is 5.91 Å². The Morgan fingerprint density at radius 3 is 2.59 bits per heavy atom. The number of rotatable bonds is 4. The molecule has 2 rings (SSSR count). The summed E-state index contributed by atoms with van der Waals surface area (Å²) in [6.07, 6.45) is 1.05. The first-order valence-electron chi connectivity index (χ1n) is 7.27. The predicted octanol–water partition coefficient (Wildman–Crippen LogP) is 3.50. The number of piperidine rings is 1. The Balaban J connectivity index is 1.96. The largest absolute Gasteiger partial charge is 0.330 e. The summed E-state index contributed by atoms with van der Waals surface area (Å²) in [5, 5.41) is 3.86. The quantitative estimate of drug-likeness (QED) is 0.859. The highest BCUT2D eigenvalue weighted by Crippen LogP contribution is 2.33. The van der Waals surface area contributed by atoms with Gasteiger partial charge in [-0.05, 0) is 43.5 Å². The van der Waals surface area contributed by atoms with Gasteiger partial charge >= 0.3 is 0 Å². The van der Waals surface area contributed by atoms with Crippen LogP contribution in [0.5, 0.6) is 0 Å². The van der Waals surface area contributed by atoms with E-state index in [9.17, 15) is 4.79 Å². The first-order chi connectivity index (χ1) is 10.4. The summed E-state index contributed by atoms with van der Waals surface area (Å²) in [6.45, 7) is 4.90. The molecule has 0 radical (unpaired) electrons. The van der Waals surface area contributed by atoms with Gasteiger partial charge in [0.2, 0.25) is 5.91 Å². The Morgan fingerprint density at radius 2 is 2.00 bits per heavy atom. The standard InChI is InChI=1S/C15H20Cl3N3O/c1-9-2-3-21(7-10(9)6-19)8-14(22)20-15-12(17)4-11(16)5-13(15)18/h4-5,9-10H,2-3,6-8,19H2,1H3,(H,20,22). The van der Waals surface area contributed by atoms with E-state index in [0.717, 1.165) is 19.5 Å². The zero-order valence-electron chi connectivity index (χ0n) is 12.4. The van der Waals surface area contributed by atoms with Crippen molar-refractivity contribution in [1.29, 1.82) is 0 Å². The van der Waals surface area contributed by atoms with Gasteiger partial charge in [-0.3, -0.25) is 9.69 Å². The van der Waals surface area contributed by atoms with Crippen LogP contribution in [0.25, 0.3) is 0 Å². The fraction of sp³-hybridized carbons (Fsp3) is 0.533. The van der Waals surface area contributed by atoms with Crippen molar-refractivity contribution in [3.63, 3.8) is 0 Å². The molecule has 0 aromatic heterocycles. The summed E-state index contributed by atoms with van der Waals surface area (Å²) >= 11 is 18.0. The van der Waals surface area contributed by atoms with Crippen LogP contribution >= 0.6 is 34.8 Å². The second kappa shape index (κ2) is 7.84. The van der Waals surface area contributed by atoms with Gasteiger partial charge in [0, 0.05) is 11.6 Å². The van der Waals surface area contributed by atoms with E-state index in [1.54, 1.807) is 12.1 Å². The Labute approximate surface area is 145 Å². The summed E-state index contributed by atoms with van der Waals surface area (Å²) in [6, 6.07) is 3.11. The van der Waals surface area contributed by atoms with Crippen LogP contribution in [0.4, 0.5) is 5.69 Å². The summed E-state index contributed by atoms with van der Waals surface area (Å²) in [5.74, 6) is 0.894. The van der Waals surface area contributed by atoms with E-state index in [4.69, 9.17) is 40.5 Å². The molecule has 1 aromatic carbocycles. The molecule has 7 heteroatoms. The van der Waals surface area contributed by atoms with Gasteiger partial charge in [-0.15, -0.1) is 0 Å². The molecule has 1 fully saturated rings. The Bertz CT molecular complexity index is 530. The van der Waals surface area contributed by atoms with E-state index >= 15 is 0 Å². The lowest BCUT2D eigenvalue weighted by atomic mass is 9.87. The van der Waals surface area contributed by atoms with Crippen molar-refractivity contribution in [1.82, 2.24) is 4.90 Å². The topological polar surface area (TPSA) is 58.4 Å². The van der Waals surface area contributed by atoms with Crippen molar-refractivity contribution < 1.29 is 4.79 Å². The third-order valence-corrected chi connectivity index (χ3v) is 4.95. The van der Waals surface area contributed by atoms with Crippen molar-refractivity contribution >= 4 is 46.4 Å². The average Bonchev–Trinajstić information content (AvgIpc) is 2.45. The lowest BCUT2D eigenvalue weighted by molar-refractivity contribution is -0.117. The van der Waals surface area contributed by atoms with E-state index in [1.165, 1.54) is 0 Å². The maximum atomic E-state index is 12.2. The molecular formula is C15H20Cl3N3O. The summed E-state index contributed by atoms with van der Waals surface area (Å²) in [4.78, 5) is 14.3. The number of benzene rings is 1. The zero-order chi connectivity index (χ0) is 16.3. The fourth-order valence-electron chi connectivity index (χ4n) is 2.72. The number of carbonyl (C=O) groups excluding carboxylic acids is 1. The Kier molecular flexibility index (Phi) is 6.36. The van der Waals surface area contributed by atoms with Crippen LogP contribution in [0.2, 0.25) is 15.1 Å². The van der Waals surface area contributed by atoms with Crippen LogP contribution in [-0.4, -0.2) is 37.0 Å². The molecule has 1 aromatic rings. The lowest BCUT2D eigenvalue weighted by Crippen LogP contribution is -2.45. The Hall–Kier alpha value is -0.520. The molecule has 0 saturated carbocycles. The number of hydrogen-bond acceptors (Lipinski definition) is 3. The van der Waals surface area contributed by atoms with E-state index in [1.807, 2.05) is 0 Å². The molecule has 4 nitrogen and oxygen atoms in total. The van der Waals surface area contributed by atoms with Gasteiger partial charge in [0.15, 0.2) is 0 Å². The van der Waals surface area contributed by atoms with Gasteiger partial charge < -0.3 is 11.1 Å². The second-order valence-electron chi connectivity index (χ2n) is 5.79. The van der Waals surface area contributed by atoms with Crippen LogP contribution in [0.3, 0.4) is 0 Å². The number of hydrogen-bond donors (Lipinski definition) is 2. The van der Waals surface area contributed by atoms with Gasteiger partial charge in [0.1, 0.15) is 0 Å². The second-order valence-corrected chi connectivity index (χ2v) is 7.04. The zero-order valence-corrected chi connectivity index (χ0v) is 14.7. The van der Waals surface area contributed by atoms with Gasteiger partial charge in [0.05, 0.1) is 22.3 Å². The van der Waals surface area contributed by atoms with Crippen molar-refractivity contribution in [2.24, 2.45) is 17.6 Å². The highest BCUT2D eigenvalue weighted by molar-refractivity contribution is 6.42. The lowest BCUT2D eigenvalue weighted by Gasteiger charge is -2.36. The first kappa shape index (κ1) is 17.8. The fourth-order valence-corrected chi connectivity index (χ4v) is 3.63. The minimum Gasteiger partial charge on any atom is -0.330 e. The summed E-state index contributed by atoms with van der Waals surface area (Å²) in [5.41, 5.74) is 6.19. The molecule has 0 bridgehead atoms. The molecule has 0 spiro atoms. The average molecular weight is 365 g/mol. The van der Waals surface area contributed by atoms with Crippen LogP contribution in [0.1, 0.15) is 13.3 Å². The maximum absolute atomic E-state index is 12.2. The van der Waals surface area contributed by atoms with Crippen LogP contribution < -0.4 is 11.1 Å². The van der Waals surface area contributed by atoms with E-state index < -0.39 is 0 Å². The number of nitrogens with two attached hydrogens (primary N) is 1. The third kappa shape index (κ3) is 4.49. The molecule has 2 unspecified atom stereocenters. The van der Waals surface area contributed by atoms with Crippen LogP contribution in [-0.2, 0) is 4.79 Å². The molecule has 1 amide bonds. The van der Waals surface area contributed by atoms with Crippen molar-refractivity contribution in [3.05, 3.63) is 27.2 Å². The molecule has 122 valence electrons. The molecule has 0 aliphatic carbocycles. The number of amides is 1. The van der Waals surface area contributed by atoms with Gasteiger partial charge in [-0.25, -0.2) is 0 Å². The minimum absolute atomic E-state index is 0.142. The Morgan fingerprint density at radius 1 is 1.36 bits per heavy atom. The van der Waals surface area contributed by atoms with Crippen LogP contribution in [0, 0.1) is 11.8 Å². The van der Waals surface area contributed by atoms with Gasteiger partial charge in [0.25, 0.3) is 0 Å². The normalized spacial score (nSPS) is 22.6.